The topological polar surface area (TPSA) is 96.2 Å². The summed E-state index contributed by atoms with van der Waals surface area (Å²) in [5.74, 6) is -0.0947. The first-order chi connectivity index (χ1) is 10.8. The lowest BCUT2D eigenvalue weighted by Crippen LogP contribution is -2.60. The van der Waals surface area contributed by atoms with E-state index >= 15 is 0 Å². The van der Waals surface area contributed by atoms with E-state index in [2.05, 4.69) is 0 Å². The van der Waals surface area contributed by atoms with E-state index in [9.17, 15) is 13.2 Å². The van der Waals surface area contributed by atoms with E-state index < -0.39 is 15.7 Å². The van der Waals surface area contributed by atoms with Gasteiger partial charge in [-0.3, -0.25) is 4.79 Å². The van der Waals surface area contributed by atoms with Crippen LogP contribution >= 0.6 is 12.4 Å². The monoisotopic (exact) mass is 384 g/mol. The van der Waals surface area contributed by atoms with Crippen molar-refractivity contribution in [3.05, 3.63) is 0 Å². The normalized spacial score (nSPS) is 23.4. The summed E-state index contributed by atoms with van der Waals surface area (Å²) in [6, 6.07) is 0. The minimum atomic E-state index is -3.46. The fraction of sp³-hybridized carbons (Fsp3) is 0.929. The maximum atomic E-state index is 12.6. The van der Waals surface area contributed by atoms with Crippen LogP contribution in [0.25, 0.3) is 0 Å². The minimum absolute atomic E-state index is 0. The van der Waals surface area contributed by atoms with Crippen LogP contribution in [-0.2, 0) is 19.7 Å². The number of halogens is 1. The first-order valence-electron chi connectivity index (χ1n) is 8.20. The first kappa shape index (κ1) is 21.6. The molecule has 2 rings (SSSR count). The number of nitrogens with zero attached hydrogens (tertiary/aromatic N) is 3. The van der Waals surface area contributed by atoms with E-state index in [1.165, 1.54) is 8.61 Å². The number of hydrogen-bond donors (Lipinski definition) is 1. The number of amides is 1. The molecule has 0 saturated carbocycles. The number of ether oxygens (including phenoxy) is 1. The van der Waals surface area contributed by atoms with Gasteiger partial charge in [0.15, 0.2) is 0 Å². The summed E-state index contributed by atoms with van der Waals surface area (Å²) in [6.07, 6.45) is 1.46. The Kier molecular flexibility index (Phi) is 7.89. The van der Waals surface area contributed by atoms with Gasteiger partial charge in [-0.2, -0.15) is 17.0 Å². The van der Waals surface area contributed by atoms with Crippen molar-refractivity contribution >= 4 is 28.5 Å². The Bertz CT molecular complexity index is 515. The molecule has 2 fully saturated rings. The lowest BCUT2D eigenvalue weighted by molar-refractivity contribution is -0.137. The van der Waals surface area contributed by atoms with Gasteiger partial charge in [0, 0.05) is 39.3 Å². The molecule has 24 heavy (non-hydrogen) atoms. The van der Waals surface area contributed by atoms with Crippen molar-refractivity contribution < 1.29 is 17.9 Å². The van der Waals surface area contributed by atoms with Crippen LogP contribution in [0.1, 0.15) is 26.7 Å². The van der Waals surface area contributed by atoms with E-state index in [4.69, 9.17) is 10.5 Å². The van der Waals surface area contributed by atoms with Gasteiger partial charge >= 0.3 is 0 Å². The third-order valence-electron chi connectivity index (χ3n) is 4.41. The second kappa shape index (κ2) is 8.77. The lowest BCUT2D eigenvalue weighted by atomic mass is 9.95. The Morgan fingerprint density at radius 2 is 1.58 bits per heavy atom. The zero-order valence-corrected chi connectivity index (χ0v) is 16.1. The molecule has 2 saturated heterocycles. The second-order valence-electron chi connectivity index (χ2n) is 6.38. The van der Waals surface area contributed by atoms with Crippen LogP contribution in [0.2, 0.25) is 0 Å². The fourth-order valence-electron chi connectivity index (χ4n) is 3.05. The summed E-state index contributed by atoms with van der Waals surface area (Å²) >= 11 is 0. The van der Waals surface area contributed by atoms with Gasteiger partial charge in [0.25, 0.3) is 10.2 Å². The molecule has 0 spiro atoms. The maximum Gasteiger partial charge on any atom is 0.282 e. The molecule has 0 bridgehead atoms. The highest BCUT2D eigenvalue weighted by Gasteiger charge is 2.37. The molecule has 0 radical (unpaired) electrons. The highest BCUT2D eigenvalue weighted by molar-refractivity contribution is 7.86. The van der Waals surface area contributed by atoms with Gasteiger partial charge in [-0.15, -0.1) is 12.4 Å². The SMILES string of the molecule is CCCC(C)(N)C(=O)N1CCN(S(=O)(=O)N2CCOCC2)CC1.Cl. The molecule has 0 aromatic heterocycles. The summed E-state index contributed by atoms with van der Waals surface area (Å²) in [5, 5.41) is 0. The predicted octanol–water partition coefficient (Wildman–Crippen LogP) is -0.353. The van der Waals surface area contributed by atoms with Gasteiger partial charge in [0.2, 0.25) is 5.91 Å². The summed E-state index contributed by atoms with van der Waals surface area (Å²) in [4.78, 5) is 14.2. The number of hydrogen-bond acceptors (Lipinski definition) is 5. The second-order valence-corrected chi connectivity index (χ2v) is 8.31. The predicted molar refractivity (Wildman–Crippen MR) is 94.2 cm³/mol. The molecular formula is C14H29ClN4O4S. The van der Waals surface area contributed by atoms with E-state index in [0.717, 1.165) is 6.42 Å². The average molecular weight is 385 g/mol. The summed E-state index contributed by atoms with van der Waals surface area (Å²) in [7, 11) is -3.46. The van der Waals surface area contributed by atoms with Gasteiger partial charge in [0.1, 0.15) is 0 Å². The van der Waals surface area contributed by atoms with Crippen LogP contribution < -0.4 is 5.73 Å². The number of morpholine rings is 1. The minimum Gasteiger partial charge on any atom is -0.379 e. The standard InChI is InChI=1S/C14H28N4O4S.ClH/c1-3-4-14(2,15)13(19)16-5-7-17(8-6-16)23(20,21)18-9-11-22-12-10-18;/h3-12,15H2,1-2H3;1H. The quantitative estimate of drug-likeness (QED) is 0.698. The first-order valence-corrected chi connectivity index (χ1v) is 9.60. The molecule has 142 valence electrons. The fourth-order valence-corrected chi connectivity index (χ4v) is 4.61. The molecule has 2 aliphatic rings. The summed E-state index contributed by atoms with van der Waals surface area (Å²) in [6.45, 7) is 6.78. The Labute approximate surface area is 150 Å². The molecule has 2 N–H and O–H groups in total. The van der Waals surface area contributed by atoms with Crippen molar-refractivity contribution in [2.75, 3.05) is 52.5 Å². The number of carbonyl (C=O) groups excluding carboxylic acids is 1. The van der Waals surface area contributed by atoms with Crippen LogP contribution in [0.15, 0.2) is 0 Å². The highest BCUT2D eigenvalue weighted by atomic mass is 35.5. The molecule has 2 aliphatic heterocycles. The third kappa shape index (κ3) is 4.80. The van der Waals surface area contributed by atoms with Gasteiger partial charge < -0.3 is 15.4 Å². The van der Waals surface area contributed by atoms with E-state index in [0.29, 0.717) is 58.9 Å². The molecule has 1 atom stereocenters. The maximum absolute atomic E-state index is 12.6. The zero-order chi connectivity index (χ0) is 17.1. The number of piperazine rings is 1. The molecule has 2 heterocycles. The molecule has 0 aromatic rings. The Morgan fingerprint density at radius 3 is 2.08 bits per heavy atom. The van der Waals surface area contributed by atoms with E-state index in [1.54, 1.807) is 11.8 Å². The van der Waals surface area contributed by atoms with Crippen molar-refractivity contribution in [2.24, 2.45) is 5.73 Å². The molecule has 0 aromatic carbocycles. The van der Waals surface area contributed by atoms with E-state index in [-0.39, 0.29) is 18.3 Å². The van der Waals surface area contributed by atoms with Gasteiger partial charge in [0.05, 0.1) is 18.8 Å². The van der Waals surface area contributed by atoms with Crippen molar-refractivity contribution in [1.82, 2.24) is 13.5 Å². The van der Waals surface area contributed by atoms with Gasteiger partial charge in [-0.05, 0) is 13.3 Å². The van der Waals surface area contributed by atoms with Crippen LogP contribution in [-0.4, -0.2) is 85.9 Å². The summed E-state index contributed by atoms with van der Waals surface area (Å²) in [5.41, 5.74) is 5.22. The summed E-state index contributed by atoms with van der Waals surface area (Å²) < 4.78 is 33.3. The van der Waals surface area contributed by atoms with Crippen molar-refractivity contribution in [2.45, 2.75) is 32.2 Å². The molecule has 0 aliphatic carbocycles. The highest BCUT2D eigenvalue weighted by Crippen LogP contribution is 2.17. The molecule has 1 unspecified atom stereocenters. The zero-order valence-electron chi connectivity index (χ0n) is 14.4. The van der Waals surface area contributed by atoms with Crippen LogP contribution in [0.5, 0.6) is 0 Å². The van der Waals surface area contributed by atoms with Crippen LogP contribution in [0.4, 0.5) is 0 Å². The largest absolute Gasteiger partial charge is 0.379 e. The number of rotatable bonds is 5. The Hall–Kier alpha value is -0.450. The molecular weight excluding hydrogens is 356 g/mol. The third-order valence-corrected chi connectivity index (χ3v) is 6.44. The molecule has 1 amide bonds. The van der Waals surface area contributed by atoms with Crippen molar-refractivity contribution in [3.8, 4) is 0 Å². The van der Waals surface area contributed by atoms with Crippen LogP contribution in [0, 0.1) is 0 Å². The Balaban J connectivity index is 0.00000288. The smallest absolute Gasteiger partial charge is 0.282 e. The molecule has 10 heteroatoms. The van der Waals surface area contributed by atoms with Gasteiger partial charge in [-0.25, -0.2) is 0 Å². The van der Waals surface area contributed by atoms with E-state index in [1.807, 2.05) is 6.92 Å². The van der Waals surface area contributed by atoms with Crippen molar-refractivity contribution in [1.29, 1.82) is 0 Å². The van der Waals surface area contributed by atoms with Crippen LogP contribution in [0.3, 0.4) is 0 Å². The lowest BCUT2D eigenvalue weighted by Gasteiger charge is -2.39. The number of carbonyl (C=O) groups is 1. The number of nitrogens with two attached hydrogens (primary N) is 1. The molecule has 8 nitrogen and oxygen atoms in total. The Morgan fingerprint density at radius 1 is 1.08 bits per heavy atom. The average Bonchev–Trinajstić information content (AvgIpc) is 2.55. The van der Waals surface area contributed by atoms with Crippen molar-refractivity contribution in [3.63, 3.8) is 0 Å². The van der Waals surface area contributed by atoms with Gasteiger partial charge in [-0.1, -0.05) is 13.3 Å².